The topological polar surface area (TPSA) is 152 Å². The zero-order valence-corrected chi connectivity index (χ0v) is 35.2. The van der Waals surface area contributed by atoms with Crippen molar-refractivity contribution in [2.45, 2.75) is 243 Å². The van der Waals surface area contributed by atoms with Gasteiger partial charge in [0.25, 0.3) is 0 Å². The van der Waals surface area contributed by atoms with E-state index < -0.39 is 49.4 Å². The van der Waals surface area contributed by atoms with E-state index in [9.17, 15) is 30.0 Å². The highest BCUT2D eigenvalue weighted by Gasteiger charge is 2.44. The molecule has 0 amide bonds. The summed E-state index contributed by atoms with van der Waals surface area (Å²) in [5.41, 5.74) is 0. The van der Waals surface area contributed by atoms with Crippen molar-refractivity contribution in [2.24, 2.45) is 0 Å². The van der Waals surface area contributed by atoms with E-state index in [1.807, 2.05) is 0 Å². The Morgan fingerprint density at radius 3 is 1.42 bits per heavy atom. The number of carbonyl (C=O) groups excluding carboxylic acids is 2. The van der Waals surface area contributed by atoms with E-state index >= 15 is 0 Å². The molecule has 1 aliphatic heterocycles. The molecule has 324 valence electrons. The Morgan fingerprint density at radius 2 is 0.964 bits per heavy atom. The number of aliphatic hydroxyl groups excluding tert-OH is 4. The first-order valence-electron chi connectivity index (χ1n) is 22.8. The van der Waals surface area contributed by atoms with Gasteiger partial charge in [-0.3, -0.25) is 9.59 Å². The lowest BCUT2D eigenvalue weighted by Crippen LogP contribution is -2.59. The number of aliphatic hydroxyl groups is 4. The average Bonchev–Trinajstić information content (AvgIpc) is 3.18. The minimum atomic E-state index is -1.59. The van der Waals surface area contributed by atoms with Gasteiger partial charge in [-0.1, -0.05) is 167 Å². The summed E-state index contributed by atoms with van der Waals surface area (Å²) in [5.74, 6) is -0.801. The maximum Gasteiger partial charge on any atom is 0.306 e. The van der Waals surface area contributed by atoms with E-state index in [1.165, 1.54) is 135 Å². The highest BCUT2D eigenvalue weighted by Crippen LogP contribution is 2.23. The summed E-state index contributed by atoms with van der Waals surface area (Å²) < 4.78 is 22.1. The Labute approximate surface area is 335 Å². The summed E-state index contributed by atoms with van der Waals surface area (Å²) in [6, 6.07) is 0. The van der Waals surface area contributed by atoms with Crippen molar-refractivity contribution in [3.8, 4) is 0 Å². The van der Waals surface area contributed by atoms with Gasteiger partial charge in [-0.25, -0.2) is 0 Å². The quantitative estimate of drug-likeness (QED) is 0.0271. The molecule has 0 spiro atoms. The number of hydrogen-bond donors (Lipinski definition) is 4. The Kier molecular flexibility index (Phi) is 34.4. The molecule has 10 nitrogen and oxygen atoms in total. The van der Waals surface area contributed by atoms with Crippen molar-refractivity contribution < 1.29 is 49.0 Å². The number of ether oxygens (including phenoxy) is 4. The number of allylic oxidation sites excluding steroid dienone is 2. The van der Waals surface area contributed by atoms with Crippen molar-refractivity contribution in [1.82, 2.24) is 0 Å². The molecular formula is C45H84O10. The third-order valence-electron chi connectivity index (χ3n) is 10.7. The molecule has 0 aromatic heterocycles. The van der Waals surface area contributed by atoms with Crippen molar-refractivity contribution in [2.75, 3.05) is 19.8 Å². The summed E-state index contributed by atoms with van der Waals surface area (Å²) in [7, 11) is 0. The standard InChI is InChI=1S/C45H84O10/c1-3-5-7-9-11-13-15-16-17-18-19-20-21-22-24-25-27-29-31-33-40(47)52-36-38(37-53-45-44(51)43(50)42(49)39(35-46)55-45)54-41(48)34-32-30-28-26-23-14-12-10-8-6-4-2/h16-17,38-39,42-46,49-51H,3-15,18-37H2,1-2H3/b17-16+/t38-,39-,42+,43?,44?,45-/m0/s1. The van der Waals surface area contributed by atoms with Crippen LogP contribution in [0.3, 0.4) is 0 Å². The summed E-state index contributed by atoms with van der Waals surface area (Å²) in [6.45, 7) is 3.42. The molecule has 0 bridgehead atoms. The Hall–Kier alpha value is -1.56. The van der Waals surface area contributed by atoms with Crippen LogP contribution in [0.1, 0.15) is 206 Å². The monoisotopic (exact) mass is 785 g/mol. The Morgan fingerprint density at radius 1 is 0.545 bits per heavy atom. The molecular weight excluding hydrogens is 700 g/mol. The molecule has 55 heavy (non-hydrogen) atoms. The molecule has 0 aromatic carbocycles. The molecule has 1 aliphatic rings. The van der Waals surface area contributed by atoms with Crippen molar-refractivity contribution in [3.63, 3.8) is 0 Å². The van der Waals surface area contributed by atoms with Gasteiger partial charge in [0.15, 0.2) is 12.4 Å². The molecule has 0 saturated carbocycles. The molecule has 0 aliphatic carbocycles. The second-order valence-electron chi connectivity index (χ2n) is 15.9. The van der Waals surface area contributed by atoms with Crippen LogP contribution in [-0.4, -0.2) is 89.0 Å². The van der Waals surface area contributed by atoms with Crippen LogP contribution in [0.5, 0.6) is 0 Å². The van der Waals surface area contributed by atoms with Gasteiger partial charge in [0.2, 0.25) is 0 Å². The maximum atomic E-state index is 12.7. The SMILES string of the molecule is CCCCCCCC/C=C/CCCCCCCCCCCC(=O)OC[C@@H](CO[C@H]1O[C@@H](CO)[C@@H](O)C(O)C1O)OC(=O)CCCCCCCCCCCCC. The van der Waals surface area contributed by atoms with E-state index in [-0.39, 0.29) is 32.0 Å². The van der Waals surface area contributed by atoms with Gasteiger partial charge in [-0.05, 0) is 38.5 Å². The largest absolute Gasteiger partial charge is 0.462 e. The Balaban J connectivity index is 2.28. The first kappa shape index (κ1) is 51.5. The van der Waals surface area contributed by atoms with Crippen molar-refractivity contribution in [1.29, 1.82) is 0 Å². The van der Waals surface area contributed by atoms with Gasteiger partial charge in [0.05, 0.1) is 13.2 Å². The number of carbonyl (C=O) groups is 2. The van der Waals surface area contributed by atoms with Crippen LogP contribution in [0.2, 0.25) is 0 Å². The summed E-state index contributed by atoms with van der Waals surface area (Å²) in [4.78, 5) is 25.3. The van der Waals surface area contributed by atoms with Crippen LogP contribution in [-0.2, 0) is 28.5 Å². The normalized spacial score (nSPS) is 20.6. The zero-order chi connectivity index (χ0) is 40.2. The van der Waals surface area contributed by atoms with Gasteiger partial charge in [0, 0.05) is 12.8 Å². The molecule has 1 saturated heterocycles. The molecule has 1 heterocycles. The second-order valence-corrected chi connectivity index (χ2v) is 15.9. The Bertz CT molecular complexity index is 912. The van der Waals surface area contributed by atoms with E-state index in [0.717, 1.165) is 38.5 Å². The predicted molar refractivity (Wildman–Crippen MR) is 220 cm³/mol. The molecule has 1 rings (SSSR count). The molecule has 1 fully saturated rings. The third-order valence-corrected chi connectivity index (χ3v) is 10.7. The van der Waals surface area contributed by atoms with Crippen LogP contribution in [0, 0.1) is 0 Å². The predicted octanol–water partition coefficient (Wildman–Crippen LogP) is 9.56. The fraction of sp³-hybridized carbons (Fsp3) is 0.911. The number of unbranched alkanes of at least 4 members (excludes halogenated alkanes) is 25. The first-order valence-corrected chi connectivity index (χ1v) is 22.8. The van der Waals surface area contributed by atoms with E-state index in [1.54, 1.807) is 0 Å². The number of hydrogen-bond acceptors (Lipinski definition) is 10. The highest BCUT2D eigenvalue weighted by molar-refractivity contribution is 5.70. The molecule has 10 heteroatoms. The van der Waals surface area contributed by atoms with Crippen molar-refractivity contribution in [3.05, 3.63) is 12.2 Å². The highest BCUT2D eigenvalue weighted by atomic mass is 16.7. The minimum absolute atomic E-state index is 0.213. The van der Waals surface area contributed by atoms with Crippen LogP contribution >= 0.6 is 0 Å². The number of esters is 2. The van der Waals surface area contributed by atoms with Crippen molar-refractivity contribution >= 4 is 11.9 Å². The van der Waals surface area contributed by atoms with Crippen LogP contribution < -0.4 is 0 Å². The fourth-order valence-corrected chi connectivity index (χ4v) is 7.01. The van der Waals surface area contributed by atoms with Gasteiger partial charge in [-0.2, -0.15) is 0 Å². The summed E-state index contributed by atoms with van der Waals surface area (Å²) in [5, 5.41) is 40.0. The van der Waals surface area contributed by atoms with Crippen LogP contribution in [0.15, 0.2) is 12.2 Å². The lowest BCUT2D eigenvalue weighted by Gasteiger charge is -2.39. The molecule has 6 atom stereocenters. The van der Waals surface area contributed by atoms with Gasteiger partial charge in [0.1, 0.15) is 31.0 Å². The van der Waals surface area contributed by atoms with Crippen LogP contribution in [0.25, 0.3) is 0 Å². The van der Waals surface area contributed by atoms with Gasteiger partial charge >= 0.3 is 11.9 Å². The third kappa shape index (κ3) is 28.5. The second kappa shape index (κ2) is 36.8. The van der Waals surface area contributed by atoms with Crippen LogP contribution in [0.4, 0.5) is 0 Å². The summed E-state index contributed by atoms with van der Waals surface area (Å²) in [6.07, 6.45) is 30.8. The van der Waals surface area contributed by atoms with Gasteiger partial charge < -0.3 is 39.4 Å². The lowest BCUT2D eigenvalue weighted by atomic mass is 9.99. The minimum Gasteiger partial charge on any atom is -0.462 e. The lowest BCUT2D eigenvalue weighted by molar-refractivity contribution is -0.305. The maximum absolute atomic E-state index is 12.7. The van der Waals surface area contributed by atoms with E-state index in [2.05, 4.69) is 26.0 Å². The number of rotatable bonds is 38. The molecule has 4 N–H and O–H groups in total. The van der Waals surface area contributed by atoms with Gasteiger partial charge in [-0.15, -0.1) is 0 Å². The fourth-order valence-electron chi connectivity index (χ4n) is 7.01. The van der Waals surface area contributed by atoms with E-state index in [0.29, 0.717) is 6.42 Å². The first-order chi connectivity index (χ1) is 26.8. The smallest absolute Gasteiger partial charge is 0.306 e. The summed E-state index contributed by atoms with van der Waals surface area (Å²) >= 11 is 0. The molecule has 0 radical (unpaired) electrons. The molecule has 2 unspecified atom stereocenters. The zero-order valence-electron chi connectivity index (χ0n) is 35.2. The average molecular weight is 785 g/mol. The molecule has 0 aromatic rings. The van der Waals surface area contributed by atoms with E-state index in [4.69, 9.17) is 18.9 Å².